The Labute approximate surface area is 112 Å². The number of hydrogen-bond acceptors (Lipinski definition) is 3. The summed E-state index contributed by atoms with van der Waals surface area (Å²) in [4.78, 5) is 0. The second-order valence-electron chi connectivity index (χ2n) is 4.90. The third-order valence-corrected chi connectivity index (χ3v) is 3.09. The molecule has 1 aliphatic carbocycles. The maximum Gasteiger partial charge on any atom is 0.411 e. The topological polar surface area (TPSA) is 30.5 Å². The summed E-state index contributed by atoms with van der Waals surface area (Å²) < 4.78 is 45.5. The van der Waals surface area contributed by atoms with Crippen molar-refractivity contribution in [1.82, 2.24) is 5.32 Å². The third kappa shape index (κ3) is 10.2. The van der Waals surface area contributed by atoms with Gasteiger partial charge in [0, 0.05) is 13.2 Å². The van der Waals surface area contributed by atoms with E-state index in [0.717, 1.165) is 19.4 Å². The van der Waals surface area contributed by atoms with Crippen LogP contribution >= 0.6 is 0 Å². The Morgan fingerprint density at radius 1 is 1.00 bits per heavy atom. The maximum absolute atomic E-state index is 11.8. The summed E-state index contributed by atoms with van der Waals surface area (Å²) in [7, 11) is 0. The SMILES string of the molecule is FC(F)(F)COCCCNCCOC1CCCCC1. The summed E-state index contributed by atoms with van der Waals surface area (Å²) in [6.07, 6.45) is 2.92. The summed E-state index contributed by atoms with van der Waals surface area (Å²) in [6.45, 7) is 1.06. The summed E-state index contributed by atoms with van der Waals surface area (Å²) in [6, 6.07) is 0. The Morgan fingerprint density at radius 2 is 1.74 bits per heavy atom. The predicted octanol–water partition coefficient (Wildman–Crippen LogP) is 2.89. The molecule has 1 saturated carbocycles. The fourth-order valence-corrected chi connectivity index (χ4v) is 2.14. The van der Waals surface area contributed by atoms with Gasteiger partial charge in [-0.2, -0.15) is 13.2 Å². The molecule has 0 aromatic carbocycles. The van der Waals surface area contributed by atoms with E-state index >= 15 is 0 Å². The van der Waals surface area contributed by atoms with Crippen molar-refractivity contribution < 1.29 is 22.6 Å². The Bertz CT molecular complexity index is 218. The van der Waals surface area contributed by atoms with Gasteiger partial charge in [0.25, 0.3) is 0 Å². The number of hydrogen-bond donors (Lipinski definition) is 1. The smallest absolute Gasteiger partial charge is 0.377 e. The zero-order chi connectivity index (χ0) is 14.0. The van der Waals surface area contributed by atoms with Gasteiger partial charge in [0.15, 0.2) is 0 Å². The average molecular weight is 283 g/mol. The summed E-state index contributed by atoms with van der Waals surface area (Å²) in [5, 5.41) is 3.14. The van der Waals surface area contributed by atoms with Gasteiger partial charge >= 0.3 is 6.18 Å². The molecule has 0 saturated heterocycles. The molecule has 3 nitrogen and oxygen atoms in total. The molecular weight excluding hydrogens is 259 g/mol. The standard InChI is InChI=1S/C13H24F3NO2/c14-13(15,16)11-18-9-4-7-17-8-10-19-12-5-2-1-3-6-12/h12,17H,1-11H2. The van der Waals surface area contributed by atoms with Crippen molar-refractivity contribution in [3.8, 4) is 0 Å². The van der Waals surface area contributed by atoms with Gasteiger partial charge in [-0.25, -0.2) is 0 Å². The first-order valence-corrected chi connectivity index (χ1v) is 7.05. The molecule has 1 fully saturated rings. The van der Waals surface area contributed by atoms with Gasteiger partial charge in [0.1, 0.15) is 6.61 Å². The zero-order valence-corrected chi connectivity index (χ0v) is 11.3. The fourth-order valence-electron chi connectivity index (χ4n) is 2.14. The van der Waals surface area contributed by atoms with E-state index < -0.39 is 12.8 Å². The lowest BCUT2D eigenvalue weighted by atomic mass is 9.98. The van der Waals surface area contributed by atoms with E-state index in [-0.39, 0.29) is 6.61 Å². The van der Waals surface area contributed by atoms with E-state index in [0.29, 0.717) is 25.7 Å². The van der Waals surface area contributed by atoms with Crippen LogP contribution in [0.15, 0.2) is 0 Å². The van der Waals surface area contributed by atoms with Crippen molar-refractivity contribution in [2.24, 2.45) is 0 Å². The molecule has 0 aromatic rings. The van der Waals surface area contributed by atoms with Gasteiger partial charge in [-0.3, -0.25) is 0 Å². The third-order valence-electron chi connectivity index (χ3n) is 3.09. The highest BCUT2D eigenvalue weighted by atomic mass is 19.4. The van der Waals surface area contributed by atoms with Gasteiger partial charge in [-0.1, -0.05) is 19.3 Å². The van der Waals surface area contributed by atoms with E-state index in [9.17, 15) is 13.2 Å². The fraction of sp³-hybridized carbons (Fsp3) is 1.00. The first-order chi connectivity index (χ1) is 9.08. The Morgan fingerprint density at radius 3 is 2.42 bits per heavy atom. The van der Waals surface area contributed by atoms with E-state index in [4.69, 9.17) is 4.74 Å². The van der Waals surface area contributed by atoms with Crippen molar-refractivity contribution >= 4 is 0 Å². The van der Waals surface area contributed by atoms with Crippen LogP contribution in [0.1, 0.15) is 38.5 Å². The van der Waals surface area contributed by atoms with Crippen molar-refractivity contribution in [2.45, 2.75) is 50.8 Å². The first kappa shape index (κ1) is 16.7. The highest BCUT2D eigenvalue weighted by Gasteiger charge is 2.27. The molecule has 0 aliphatic heterocycles. The molecule has 0 bridgehead atoms. The molecule has 0 heterocycles. The van der Waals surface area contributed by atoms with Gasteiger partial charge in [-0.15, -0.1) is 0 Å². The lowest BCUT2D eigenvalue weighted by Crippen LogP contribution is -2.26. The van der Waals surface area contributed by atoms with Crippen LogP contribution in [0.2, 0.25) is 0 Å². The second kappa shape index (κ2) is 9.55. The molecule has 0 unspecified atom stereocenters. The number of ether oxygens (including phenoxy) is 2. The molecule has 114 valence electrons. The monoisotopic (exact) mass is 283 g/mol. The zero-order valence-electron chi connectivity index (χ0n) is 11.3. The molecule has 0 atom stereocenters. The molecule has 6 heteroatoms. The van der Waals surface area contributed by atoms with Gasteiger partial charge in [-0.05, 0) is 25.8 Å². The molecule has 1 N–H and O–H groups in total. The van der Waals surface area contributed by atoms with Crippen molar-refractivity contribution in [1.29, 1.82) is 0 Å². The minimum Gasteiger partial charge on any atom is -0.377 e. The first-order valence-electron chi connectivity index (χ1n) is 7.05. The van der Waals surface area contributed by atoms with Gasteiger partial charge < -0.3 is 14.8 Å². The van der Waals surface area contributed by atoms with Crippen molar-refractivity contribution in [2.75, 3.05) is 32.9 Å². The Balaban J connectivity index is 1.78. The van der Waals surface area contributed by atoms with E-state index in [1.807, 2.05) is 0 Å². The van der Waals surface area contributed by atoms with Gasteiger partial charge in [0.05, 0.1) is 12.7 Å². The van der Waals surface area contributed by atoms with Crippen LogP contribution in [0.5, 0.6) is 0 Å². The van der Waals surface area contributed by atoms with E-state index in [1.165, 1.54) is 19.3 Å². The molecule has 0 aromatic heterocycles. The number of nitrogens with one attached hydrogen (secondary N) is 1. The summed E-state index contributed by atoms with van der Waals surface area (Å²) >= 11 is 0. The Kier molecular flexibility index (Phi) is 8.41. The van der Waals surface area contributed by atoms with E-state index in [2.05, 4.69) is 10.1 Å². The maximum atomic E-state index is 11.8. The molecule has 19 heavy (non-hydrogen) atoms. The van der Waals surface area contributed by atoms with Crippen LogP contribution in [0.3, 0.4) is 0 Å². The lowest BCUT2D eigenvalue weighted by Gasteiger charge is -2.22. The van der Waals surface area contributed by atoms with Crippen LogP contribution in [-0.4, -0.2) is 45.2 Å². The number of rotatable bonds is 9. The normalized spacial score (nSPS) is 17.8. The van der Waals surface area contributed by atoms with Crippen LogP contribution in [0, 0.1) is 0 Å². The van der Waals surface area contributed by atoms with Crippen molar-refractivity contribution in [3.63, 3.8) is 0 Å². The molecule has 0 radical (unpaired) electrons. The highest BCUT2D eigenvalue weighted by molar-refractivity contribution is 4.65. The predicted molar refractivity (Wildman–Crippen MR) is 67.2 cm³/mol. The summed E-state index contributed by atoms with van der Waals surface area (Å²) in [5.41, 5.74) is 0. The lowest BCUT2D eigenvalue weighted by molar-refractivity contribution is -0.173. The molecule has 0 spiro atoms. The van der Waals surface area contributed by atoms with Crippen LogP contribution in [0.4, 0.5) is 13.2 Å². The van der Waals surface area contributed by atoms with Crippen LogP contribution < -0.4 is 5.32 Å². The van der Waals surface area contributed by atoms with E-state index in [1.54, 1.807) is 0 Å². The van der Waals surface area contributed by atoms with Gasteiger partial charge in [0.2, 0.25) is 0 Å². The molecular formula is C13H24F3NO2. The number of alkyl halides is 3. The largest absolute Gasteiger partial charge is 0.411 e. The average Bonchev–Trinajstić information content (AvgIpc) is 2.37. The molecule has 1 aliphatic rings. The molecule has 1 rings (SSSR count). The second-order valence-corrected chi connectivity index (χ2v) is 4.90. The Hall–Kier alpha value is -0.330. The minimum atomic E-state index is -4.22. The van der Waals surface area contributed by atoms with Crippen LogP contribution in [0.25, 0.3) is 0 Å². The van der Waals surface area contributed by atoms with Crippen molar-refractivity contribution in [3.05, 3.63) is 0 Å². The minimum absolute atomic E-state index is 0.135. The summed E-state index contributed by atoms with van der Waals surface area (Å²) in [5.74, 6) is 0. The molecule has 0 amide bonds. The highest BCUT2D eigenvalue weighted by Crippen LogP contribution is 2.19. The number of halogens is 3. The van der Waals surface area contributed by atoms with Crippen LogP contribution in [-0.2, 0) is 9.47 Å². The quantitative estimate of drug-likeness (QED) is 0.660.